The van der Waals surface area contributed by atoms with E-state index < -0.39 is 5.54 Å². The molecule has 4 aromatic rings. The molecule has 1 fully saturated rings. The molecule has 180 valence electrons. The van der Waals surface area contributed by atoms with Crippen LogP contribution in [-0.4, -0.2) is 33.3 Å². The van der Waals surface area contributed by atoms with Gasteiger partial charge in [-0.3, -0.25) is 14.7 Å². The van der Waals surface area contributed by atoms with Gasteiger partial charge in [0.05, 0.1) is 5.54 Å². The molecule has 5 rings (SSSR count). The summed E-state index contributed by atoms with van der Waals surface area (Å²) in [5.41, 5.74) is 5.63. The third-order valence-corrected chi connectivity index (χ3v) is 8.02. The summed E-state index contributed by atoms with van der Waals surface area (Å²) in [6, 6.07) is 36.5. The minimum atomic E-state index is -0.465. The molecule has 0 saturated carbocycles. The molecule has 0 amide bonds. The molecular weight excluding hydrogens is 460 g/mol. The molecule has 2 heterocycles. The zero-order valence-corrected chi connectivity index (χ0v) is 21.3. The summed E-state index contributed by atoms with van der Waals surface area (Å²) in [5.74, 6) is 0. The summed E-state index contributed by atoms with van der Waals surface area (Å²) in [6.07, 6.45) is 6.79. The molecule has 0 spiro atoms. The first-order valence-electron chi connectivity index (χ1n) is 12.4. The number of likely N-dealkylation sites (tertiary alicyclic amines) is 1. The maximum atomic E-state index is 12.2. The number of benzene rings is 3. The predicted octanol–water partition coefficient (Wildman–Crippen LogP) is 6.81. The van der Waals surface area contributed by atoms with Gasteiger partial charge in [-0.25, -0.2) is 0 Å². The second-order valence-corrected chi connectivity index (χ2v) is 10.5. The fourth-order valence-corrected chi connectivity index (χ4v) is 6.30. The van der Waals surface area contributed by atoms with E-state index in [0.29, 0.717) is 0 Å². The number of rotatable bonds is 6. The quantitative estimate of drug-likeness (QED) is 0.278. The zero-order valence-electron chi connectivity index (χ0n) is 20.5. The number of carbonyl (C=O) groups excluding carboxylic acids is 1. The minimum Gasteiger partial charge on any atom is -0.288 e. The van der Waals surface area contributed by atoms with Crippen LogP contribution in [0.25, 0.3) is 6.08 Å². The van der Waals surface area contributed by atoms with Crippen molar-refractivity contribution in [2.24, 2.45) is 0 Å². The van der Waals surface area contributed by atoms with Crippen LogP contribution in [0.2, 0.25) is 0 Å². The van der Waals surface area contributed by atoms with E-state index in [0.717, 1.165) is 25.1 Å². The number of pyridine rings is 1. The lowest BCUT2D eigenvalue weighted by Gasteiger charge is -2.49. The van der Waals surface area contributed by atoms with Crippen molar-refractivity contribution < 1.29 is 4.79 Å². The van der Waals surface area contributed by atoms with Crippen molar-refractivity contribution in [1.82, 2.24) is 9.88 Å². The molecule has 4 heteroatoms. The van der Waals surface area contributed by atoms with Crippen LogP contribution in [0.4, 0.5) is 0 Å². The van der Waals surface area contributed by atoms with Crippen LogP contribution >= 0.6 is 11.8 Å². The van der Waals surface area contributed by atoms with Gasteiger partial charge in [0.1, 0.15) is 0 Å². The standard InChI is InChI=1S/C32H30N2OS/c1-25(35)36-31-19-22-34(24-27(31)23-26-17-20-33-21-18-26)32(28-11-5-2-6-12-28,29-13-7-3-8-14-29)30-15-9-4-10-16-30/h2-18,20-21,23,31H,19,22,24H2,1H3. The Morgan fingerprint density at radius 3 is 1.81 bits per heavy atom. The monoisotopic (exact) mass is 490 g/mol. The predicted molar refractivity (Wildman–Crippen MR) is 150 cm³/mol. The second-order valence-electron chi connectivity index (χ2n) is 9.12. The van der Waals surface area contributed by atoms with Gasteiger partial charge < -0.3 is 0 Å². The number of aromatic nitrogens is 1. The summed E-state index contributed by atoms with van der Waals surface area (Å²) in [5, 5.41) is 0.321. The third-order valence-electron chi connectivity index (χ3n) is 6.86. The smallest absolute Gasteiger partial charge is 0.186 e. The first kappa shape index (κ1) is 24.2. The van der Waals surface area contributed by atoms with Crippen LogP contribution in [0.3, 0.4) is 0 Å². The summed E-state index contributed by atoms with van der Waals surface area (Å²) >= 11 is 1.45. The third kappa shape index (κ3) is 4.92. The highest BCUT2D eigenvalue weighted by Gasteiger charge is 2.44. The van der Waals surface area contributed by atoms with E-state index in [9.17, 15) is 4.79 Å². The van der Waals surface area contributed by atoms with E-state index in [-0.39, 0.29) is 10.4 Å². The van der Waals surface area contributed by atoms with E-state index in [1.165, 1.54) is 34.0 Å². The summed E-state index contributed by atoms with van der Waals surface area (Å²) in [7, 11) is 0. The van der Waals surface area contributed by atoms with Crippen molar-refractivity contribution in [3.63, 3.8) is 0 Å². The van der Waals surface area contributed by atoms with Crippen molar-refractivity contribution in [2.45, 2.75) is 24.1 Å². The molecule has 0 bridgehead atoms. The average molecular weight is 491 g/mol. The highest BCUT2D eigenvalue weighted by molar-refractivity contribution is 8.14. The molecule has 0 N–H and O–H groups in total. The second kappa shape index (κ2) is 11.1. The topological polar surface area (TPSA) is 33.2 Å². The summed E-state index contributed by atoms with van der Waals surface area (Å²) in [4.78, 5) is 18.9. The van der Waals surface area contributed by atoms with Crippen LogP contribution < -0.4 is 0 Å². The fraction of sp³-hybridized carbons (Fsp3) is 0.188. The lowest BCUT2D eigenvalue weighted by atomic mass is 9.74. The molecule has 1 unspecified atom stereocenters. The van der Waals surface area contributed by atoms with Crippen LogP contribution in [0.15, 0.2) is 121 Å². The average Bonchev–Trinajstić information content (AvgIpc) is 2.93. The minimum absolute atomic E-state index is 0.159. The Morgan fingerprint density at radius 1 is 0.833 bits per heavy atom. The molecule has 0 aliphatic carbocycles. The largest absolute Gasteiger partial charge is 0.288 e. The molecule has 0 radical (unpaired) electrons. The van der Waals surface area contributed by atoms with Gasteiger partial charge in [0.15, 0.2) is 5.12 Å². The van der Waals surface area contributed by atoms with Crippen LogP contribution in [0.1, 0.15) is 35.6 Å². The normalized spacial score (nSPS) is 17.7. The number of nitrogens with zero attached hydrogens (tertiary/aromatic N) is 2. The summed E-state index contributed by atoms with van der Waals surface area (Å²) < 4.78 is 0. The fourth-order valence-electron chi connectivity index (χ4n) is 5.38. The molecule has 3 nitrogen and oxygen atoms in total. The number of hydrogen-bond acceptors (Lipinski definition) is 4. The number of thioether (sulfide) groups is 1. The summed E-state index contributed by atoms with van der Waals surface area (Å²) in [6.45, 7) is 3.30. The highest BCUT2D eigenvalue weighted by Crippen LogP contribution is 2.45. The Morgan fingerprint density at radius 2 is 1.33 bits per heavy atom. The van der Waals surface area contributed by atoms with Gasteiger partial charge >= 0.3 is 0 Å². The number of piperidine rings is 1. The first-order chi connectivity index (χ1) is 17.7. The number of carbonyl (C=O) groups is 1. The Balaban J connectivity index is 1.69. The maximum Gasteiger partial charge on any atom is 0.186 e. The van der Waals surface area contributed by atoms with Gasteiger partial charge in [0, 0.05) is 37.7 Å². The van der Waals surface area contributed by atoms with Crippen molar-refractivity contribution in [2.75, 3.05) is 13.1 Å². The molecule has 1 atom stereocenters. The Hall–Kier alpha value is -3.47. The Kier molecular flexibility index (Phi) is 7.45. The zero-order chi connectivity index (χ0) is 24.8. The Labute approximate surface area is 217 Å². The van der Waals surface area contributed by atoms with E-state index in [2.05, 4.69) is 107 Å². The van der Waals surface area contributed by atoms with E-state index in [1.807, 2.05) is 24.5 Å². The number of hydrogen-bond donors (Lipinski definition) is 0. The molecular formula is C32H30N2OS. The van der Waals surface area contributed by atoms with Crippen molar-refractivity contribution in [3.8, 4) is 0 Å². The lowest BCUT2D eigenvalue weighted by molar-refractivity contribution is -0.109. The van der Waals surface area contributed by atoms with E-state index >= 15 is 0 Å². The molecule has 1 aliphatic heterocycles. The van der Waals surface area contributed by atoms with Crippen molar-refractivity contribution in [1.29, 1.82) is 0 Å². The van der Waals surface area contributed by atoms with Crippen molar-refractivity contribution in [3.05, 3.63) is 143 Å². The molecule has 36 heavy (non-hydrogen) atoms. The van der Waals surface area contributed by atoms with Gasteiger partial charge in [-0.15, -0.1) is 0 Å². The van der Waals surface area contributed by atoms with Crippen molar-refractivity contribution >= 4 is 23.0 Å². The van der Waals surface area contributed by atoms with Crippen LogP contribution in [-0.2, 0) is 10.3 Å². The maximum absolute atomic E-state index is 12.2. The van der Waals surface area contributed by atoms with Gasteiger partial charge in [0.25, 0.3) is 0 Å². The first-order valence-corrected chi connectivity index (χ1v) is 13.2. The highest BCUT2D eigenvalue weighted by atomic mass is 32.2. The lowest BCUT2D eigenvalue weighted by Crippen LogP contribution is -2.52. The Bertz CT molecular complexity index is 1210. The van der Waals surface area contributed by atoms with Gasteiger partial charge in [-0.2, -0.15) is 0 Å². The van der Waals surface area contributed by atoms with Gasteiger partial charge in [-0.05, 0) is 46.4 Å². The van der Waals surface area contributed by atoms with Gasteiger partial charge in [-0.1, -0.05) is 109 Å². The van der Waals surface area contributed by atoms with E-state index in [1.54, 1.807) is 6.92 Å². The SMILES string of the molecule is CC(=O)SC1CCN(C(c2ccccc2)(c2ccccc2)c2ccccc2)CC1=Cc1ccncc1. The van der Waals surface area contributed by atoms with Gasteiger partial charge in [0.2, 0.25) is 0 Å². The van der Waals surface area contributed by atoms with Crippen LogP contribution in [0, 0.1) is 0 Å². The van der Waals surface area contributed by atoms with Crippen LogP contribution in [0.5, 0.6) is 0 Å². The molecule has 1 saturated heterocycles. The molecule has 3 aromatic carbocycles. The van der Waals surface area contributed by atoms with E-state index in [4.69, 9.17) is 0 Å². The molecule has 1 aromatic heterocycles. The molecule has 1 aliphatic rings.